The Morgan fingerprint density at radius 1 is 1.46 bits per heavy atom. The lowest BCUT2D eigenvalue weighted by molar-refractivity contribution is -0.118. The Morgan fingerprint density at radius 2 is 2.23 bits per heavy atom. The summed E-state index contributed by atoms with van der Waals surface area (Å²) in [6.07, 6.45) is 12.1. The summed E-state index contributed by atoms with van der Waals surface area (Å²) < 4.78 is 0. The number of allylic oxidation sites excluding steroid dienone is 4. The fourth-order valence-corrected chi connectivity index (χ4v) is 1.37. The first-order chi connectivity index (χ1) is 5.83. The summed E-state index contributed by atoms with van der Waals surface area (Å²) in [5, 5.41) is 0. The van der Waals surface area contributed by atoms with Gasteiger partial charge < -0.3 is 0 Å². The number of Topliss-reactive ketones (excluding diaryl/α,β-unsaturated/α-hetero) is 1. The van der Waals surface area contributed by atoms with Gasteiger partial charge in [0.2, 0.25) is 0 Å². The normalized spacial score (nSPS) is 19.6. The van der Waals surface area contributed by atoms with E-state index in [0.717, 1.165) is 19.3 Å². The number of hydrogen-bond donors (Lipinski definition) is 0. The van der Waals surface area contributed by atoms with Crippen molar-refractivity contribution < 1.29 is 4.79 Å². The molecule has 2 heteroatoms. The van der Waals surface area contributed by atoms with E-state index >= 15 is 0 Å². The van der Waals surface area contributed by atoms with Crippen LogP contribution >= 0.6 is 24.0 Å². The van der Waals surface area contributed by atoms with Crippen molar-refractivity contribution in [2.24, 2.45) is 5.92 Å². The molecule has 0 fully saturated rings. The van der Waals surface area contributed by atoms with Gasteiger partial charge in [0.15, 0.2) is 0 Å². The van der Waals surface area contributed by atoms with Crippen LogP contribution in [0.2, 0.25) is 0 Å². The largest absolute Gasteiger partial charge is 0.300 e. The molecule has 0 amide bonds. The molecule has 0 aromatic heterocycles. The van der Waals surface area contributed by atoms with Crippen molar-refractivity contribution in [3.05, 3.63) is 24.3 Å². The molecule has 0 radical (unpaired) electrons. The lowest BCUT2D eigenvalue weighted by Crippen LogP contribution is -2.02. The van der Waals surface area contributed by atoms with Crippen molar-refractivity contribution in [2.45, 2.75) is 32.6 Å². The van der Waals surface area contributed by atoms with Gasteiger partial charge in [0, 0.05) is 12.8 Å². The van der Waals surface area contributed by atoms with Gasteiger partial charge in [-0.15, -0.1) is 24.0 Å². The third-order valence-corrected chi connectivity index (χ3v) is 2.26. The van der Waals surface area contributed by atoms with Crippen LogP contribution in [0.3, 0.4) is 0 Å². The molecule has 0 bridgehead atoms. The van der Waals surface area contributed by atoms with Gasteiger partial charge in [-0.2, -0.15) is 0 Å². The predicted molar refractivity (Wildman–Crippen MR) is 66.3 cm³/mol. The Labute approximate surface area is 97.3 Å². The Bertz CT molecular complexity index is 206. The van der Waals surface area contributed by atoms with Crippen LogP contribution in [0, 0.1) is 5.92 Å². The second-order valence-electron chi connectivity index (χ2n) is 3.24. The molecular weight excluding hydrogens is 275 g/mol. The van der Waals surface area contributed by atoms with Crippen LogP contribution in [0.4, 0.5) is 0 Å². The molecule has 1 aliphatic carbocycles. The average Bonchev–Trinajstić information content (AvgIpc) is 2.16. The summed E-state index contributed by atoms with van der Waals surface area (Å²) >= 11 is 0. The zero-order valence-electron chi connectivity index (χ0n) is 8.03. The lowest BCUT2D eigenvalue weighted by atomic mass is 9.94. The van der Waals surface area contributed by atoms with E-state index in [1.54, 1.807) is 0 Å². The minimum atomic E-state index is 0. The van der Waals surface area contributed by atoms with E-state index in [2.05, 4.69) is 24.3 Å². The van der Waals surface area contributed by atoms with E-state index in [0.29, 0.717) is 18.1 Å². The van der Waals surface area contributed by atoms with Gasteiger partial charge in [0.05, 0.1) is 0 Å². The zero-order valence-corrected chi connectivity index (χ0v) is 10.4. The van der Waals surface area contributed by atoms with E-state index < -0.39 is 0 Å². The molecule has 0 aliphatic heterocycles. The summed E-state index contributed by atoms with van der Waals surface area (Å²) in [6, 6.07) is 0. The van der Waals surface area contributed by atoms with Crippen LogP contribution in [0.5, 0.6) is 0 Å². The Hall–Kier alpha value is -0.120. The number of ketones is 1. The molecule has 0 N–H and O–H groups in total. The molecule has 1 atom stereocenters. The van der Waals surface area contributed by atoms with Crippen LogP contribution in [0.1, 0.15) is 32.6 Å². The monoisotopic (exact) mass is 292 g/mol. The third kappa shape index (κ3) is 5.24. The highest BCUT2D eigenvalue weighted by Crippen LogP contribution is 2.17. The first-order valence-corrected chi connectivity index (χ1v) is 4.68. The van der Waals surface area contributed by atoms with Gasteiger partial charge in [-0.05, 0) is 18.8 Å². The zero-order chi connectivity index (χ0) is 8.81. The van der Waals surface area contributed by atoms with Gasteiger partial charge in [0.1, 0.15) is 5.78 Å². The summed E-state index contributed by atoms with van der Waals surface area (Å²) in [6.45, 7) is 1.93. The standard InChI is InChI=1S/C11H16O.HI/c1-2-11(12)9-8-10-6-4-3-5-7-10;/h3-6,10H,2,7-9H2,1H3;1H. The number of carbonyl (C=O) groups excluding carboxylic acids is 1. The van der Waals surface area contributed by atoms with Crippen molar-refractivity contribution in [2.75, 3.05) is 0 Å². The fraction of sp³-hybridized carbons (Fsp3) is 0.545. The quantitative estimate of drug-likeness (QED) is 0.725. The molecule has 0 heterocycles. The maximum atomic E-state index is 11.0. The van der Waals surface area contributed by atoms with E-state index in [1.807, 2.05) is 6.92 Å². The van der Waals surface area contributed by atoms with E-state index in [-0.39, 0.29) is 24.0 Å². The Balaban J connectivity index is 0.00000144. The van der Waals surface area contributed by atoms with Gasteiger partial charge in [-0.25, -0.2) is 0 Å². The SMILES string of the molecule is CCC(=O)CCC1C=CC=CC1.I. The lowest BCUT2D eigenvalue weighted by Gasteiger charge is -2.11. The Morgan fingerprint density at radius 3 is 2.77 bits per heavy atom. The van der Waals surface area contributed by atoms with Crippen LogP contribution in [0.25, 0.3) is 0 Å². The van der Waals surface area contributed by atoms with E-state index in [1.165, 1.54) is 0 Å². The van der Waals surface area contributed by atoms with Crippen LogP contribution < -0.4 is 0 Å². The fourth-order valence-electron chi connectivity index (χ4n) is 1.37. The highest BCUT2D eigenvalue weighted by atomic mass is 127. The maximum Gasteiger partial charge on any atom is 0.132 e. The molecule has 1 rings (SSSR count). The molecule has 13 heavy (non-hydrogen) atoms. The maximum absolute atomic E-state index is 11.0. The van der Waals surface area contributed by atoms with Gasteiger partial charge in [-0.3, -0.25) is 4.79 Å². The number of rotatable bonds is 4. The van der Waals surface area contributed by atoms with Gasteiger partial charge >= 0.3 is 0 Å². The molecule has 1 nitrogen and oxygen atoms in total. The van der Waals surface area contributed by atoms with Crippen LogP contribution in [-0.4, -0.2) is 5.78 Å². The number of carbonyl (C=O) groups is 1. The molecule has 74 valence electrons. The first kappa shape index (κ1) is 12.9. The van der Waals surface area contributed by atoms with Crippen molar-refractivity contribution >= 4 is 29.8 Å². The molecule has 1 aliphatic rings. The van der Waals surface area contributed by atoms with Crippen molar-refractivity contribution in [3.8, 4) is 0 Å². The van der Waals surface area contributed by atoms with E-state index in [9.17, 15) is 4.79 Å². The minimum Gasteiger partial charge on any atom is -0.300 e. The number of hydrogen-bond acceptors (Lipinski definition) is 1. The average molecular weight is 292 g/mol. The second kappa shape index (κ2) is 7.30. The smallest absolute Gasteiger partial charge is 0.132 e. The molecular formula is C11H17IO. The van der Waals surface area contributed by atoms with Gasteiger partial charge in [-0.1, -0.05) is 31.2 Å². The molecule has 0 aromatic rings. The van der Waals surface area contributed by atoms with E-state index in [4.69, 9.17) is 0 Å². The highest BCUT2D eigenvalue weighted by Gasteiger charge is 2.07. The second-order valence-corrected chi connectivity index (χ2v) is 3.24. The summed E-state index contributed by atoms with van der Waals surface area (Å²) in [4.78, 5) is 11.0. The van der Waals surface area contributed by atoms with Gasteiger partial charge in [0.25, 0.3) is 0 Å². The molecule has 0 spiro atoms. The first-order valence-electron chi connectivity index (χ1n) is 4.68. The summed E-state index contributed by atoms with van der Waals surface area (Å²) in [7, 11) is 0. The minimum absolute atomic E-state index is 0. The van der Waals surface area contributed by atoms with Crippen LogP contribution in [-0.2, 0) is 4.79 Å². The summed E-state index contributed by atoms with van der Waals surface area (Å²) in [5.74, 6) is 0.989. The Kier molecular flexibility index (Phi) is 7.23. The molecule has 0 saturated heterocycles. The molecule has 0 aromatic carbocycles. The van der Waals surface area contributed by atoms with Crippen molar-refractivity contribution in [1.82, 2.24) is 0 Å². The summed E-state index contributed by atoms with van der Waals surface area (Å²) in [5.41, 5.74) is 0. The molecule has 1 unspecified atom stereocenters. The highest BCUT2D eigenvalue weighted by molar-refractivity contribution is 14.0. The van der Waals surface area contributed by atoms with Crippen LogP contribution in [0.15, 0.2) is 24.3 Å². The van der Waals surface area contributed by atoms with Crippen molar-refractivity contribution in [3.63, 3.8) is 0 Å². The molecule has 0 saturated carbocycles. The predicted octanol–water partition coefficient (Wildman–Crippen LogP) is 3.50. The van der Waals surface area contributed by atoms with Crippen molar-refractivity contribution in [1.29, 1.82) is 0 Å². The third-order valence-electron chi connectivity index (χ3n) is 2.26. The topological polar surface area (TPSA) is 17.1 Å². The number of halogens is 1.